The first-order chi connectivity index (χ1) is 9.95. The summed E-state index contributed by atoms with van der Waals surface area (Å²) in [5.74, 6) is 0.141. The molecule has 0 aliphatic carbocycles. The van der Waals surface area contributed by atoms with Crippen LogP contribution in [0.2, 0.25) is 0 Å². The SMILES string of the molecule is CCC(C)C1NC(=O)C(C(C)C)N(Cc2ccoc2)C1=O. The Morgan fingerprint density at radius 1 is 1.33 bits per heavy atom. The van der Waals surface area contributed by atoms with Gasteiger partial charge in [0.1, 0.15) is 12.1 Å². The van der Waals surface area contributed by atoms with Gasteiger partial charge in [-0.2, -0.15) is 0 Å². The van der Waals surface area contributed by atoms with Gasteiger partial charge < -0.3 is 14.6 Å². The van der Waals surface area contributed by atoms with Crippen molar-refractivity contribution < 1.29 is 14.0 Å². The summed E-state index contributed by atoms with van der Waals surface area (Å²) in [6.45, 7) is 8.36. The summed E-state index contributed by atoms with van der Waals surface area (Å²) in [6.07, 6.45) is 4.05. The number of rotatable bonds is 5. The third kappa shape index (κ3) is 3.12. The Kier molecular flexibility index (Phi) is 4.70. The van der Waals surface area contributed by atoms with Crippen LogP contribution >= 0.6 is 0 Å². The van der Waals surface area contributed by atoms with E-state index < -0.39 is 12.1 Å². The number of carbonyl (C=O) groups is 2. The highest BCUT2D eigenvalue weighted by molar-refractivity contribution is 5.97. The molecular formula is C16H24N2O3. The molecule has 5 heteroatoms. The molecule has 2 amide bonds. The lowest BCUT2D eigenvalue weighted by Gasteiger charge is -2.42. The van der Waals surface area contributed by atoms with E-state index in [0.29, 0.717) is 6.54 Å². The molecule has 1 fully saturated rings. The van der Waals surface area contributed by atoms with Gasteiger partial charge in [-0.05, 0) is 17.9 Å². The molecule has 3 atom stereocenters. The Labute approximate surface area is 125 Å². The third-order valence-electron chi connectivity index (χ3n) is 4.23. The number of nitrogens with zero attached hydrogens (tertiary/aromatic N) is 1. The topological polar surface area (TPSA) is 62.6 Å². The van der Waals surface area contributed by atoms with Crippen molar-refractivity contribution in [1.29, 1.82) is 0 Å². The van der Waals surface area contributed by atoms with Crippen molar-refractivity contribution >= 4 is 11.8 Å². The Hall–Kier alpha value is -1.78. The predicted octanol–water partition coefficient (Wildman–Crippen LogP) is 2.18. The molecule has 0 spiro atoms. The molecule has 0 radical (unpaired) electrons. The molecule has 1 saturated heterocycles. The van der Waals surface area contributed by atoms with Gasteiger partial charge >= 0.3 is 0 Å². The molecule has 1 aliphatic rings. The summed E-state index contributed by atoms with van der Waals surface area (Å²) in [6, 6.07) is 0.979. The van der Waals surface area contributed by atoms with E-state index in [1.54, 1.807) is 17.4 Å². The molecule has 1 aromatic rings. The van der Waals surface area contributed by atoms with Crippen LogP contribution in [0.1, 0.15) is 39.7 Å². The smallest absolute Gasteiger partial charge is 0.246 e. The molecule has 21 heavy (non-hydrogen) atoms. The van der Waals surface area contributed by atoms with Crippen molar-refractivity contribution in [3.05, 3.63) is 24.2 Å². The summed E-state index contributed by atoms with van der Waals surface area (Å²) in [5.41, 5.74) is 0.909. The number of amides is 2. The first-order valence-corrected chi connectivity index (χ1v) is 7.57. The average Bonchev–Trinajstić information content (AvgIpc) is 2.94. The first kappa shape index (κ1) is 15.6. The molecule has 0 aromatic carbocycles. The largest absolute Gasteiger partial charge is 0.472 e. The van der Waals surface area contributed by atoms with E-state index in [0.717, 1.165) is 12.0 Å². The highest BCUT2D eigenvalue weighted by Crippen LogP contribution is 2.24. The lowest BCUT2D eigenvalue weighted by atomic mass is 9.90. The Balaban J connectivity index is 2.28. The molecule has 2 heterocycles. The van der Waals surface area contributed by atoms with Gasteiger partial charge in [0.2, 0.25) is 11.8 Å². The van der Waals surface area contributed by atoms with Crippen LogP contribution < -0.4 is 5.32 Å². The maximum absolute atomic E-state index is 12.8. The van der Waals surface area contributed by atoms with Gasteiger partial charge in [0.05, 0.1) is 12.5 Å². The van der Waals surface area contributed by atoms with Crippen molar-refractivity contribution in [1.82, 2.24) is 10.2 Å². The fourth-order valence-corrected chi connectivity index (χ4v) is 2.80. The standard InChI is InChI=1S/C16H24N2O3/c1-5-11(4)13-16(20)18(8-12-6-7-21-9-12)14(10(2)3)15(19)17-13/h6-7,9-11,13-14H,5,8H2,1-4H3,(H,17,19). The zero-order valence-electron chi connectivity index (χ0n) is 13.1. The monoisotopic (exact) mass is 292 g/mol. The average molecular weight is 292 g/mol. The second-order valence-electron chi connectivity index (χ2n) is 6.16. The molecule has 0 bridgehead atoms. The van der Waals surface area contributed by atoms with Gasteiger partial charge in [0.15, 0.2) is 0 Å². The molecule has 5 nitrogen and oxygen atoms in total. The van der Waals surface area contributed by atoms with E-state index in [1.165, 1.54) is 0 Å². The van der Waals surface area contributed by atoms with E-state index >= 15 is 0 Å². The van der Waals surface area contributed by atoms with Gasteiger partial charge in [-0.3, -0.25) is 9.59 Å². The molecule has 1 N–H and O–H groups in total. The molecule has 116 valence electrons. The fourth-order valence-electron chi connectivity index (χ4n) is 2.80. The molecular weight excluding hydrogens is 268 g/mol. The van der Waals surface area contributed by atoms with Gasteiger partial charge in [-0.15, -0.1) is 0 Å². The summed E-state index contributed by atoms with van der Waals surface area (Å²) in [7, 11) is 0. The Morgan fingerprint density at radius 3 is 2.57 bits per heavy atom. The summed E-state index contributed by atoms with van der Waals surface area (Å²) in [5, 5.41) is 2.90. The number of hydrogen-bond acceptors (Lipinski definition) is 3. The van der Waals surface area contributed by atoms with Crippen LogP contribution in [-0.4, -0.2) is 28.8 Å². The van der Waals surface area contributed by atoms with Crippen LogP contribution in [0, 0.1) is 11.8 Å². The van der Waals surface area contributed by atoms with Gasteiger partial charge in [-0.25, -0.2) is 0 Å². The van der Waals surface area contributed by atoms with Gasteiger partial charge in [-0.1, -0.05) is 34.1 Å². The van der Waals surface area contributed by atoms with Crippen LogP contribution in [0.5, 0.6) is 0 Å². The van der Waals surface area contributed by atoms with Crippen molar-refractivity contribution in [3.8, 4) is 0 Å². The lowest BCUT2D eigenvalue weighted by molar-refractivity contribution is -0.153. The van der Waals surface area contributed by atoms with E-state index in [2.05, 4.69) is 5.32 Å². The van der Waals surface area contributed by atoms with E-state index in [1.807, 2.05) is 33.8 Å². The Bertz CT molecular complexity index is 496. The summed E-state index contributed by atoms with van der Waals surface area (Å²) in [4.78, 5) is 26.9. The number of hydrogen-bond donors (Lipinski definition) is 1. The fraction of sp³-hybridized carbons (Fsp3) is 0.625. The minimum absolute atomic E-state index is 0.00356. The zero-order chi connectivity index (χ0) is 15.6. The number of nitrogens with one attached hydrogen (secondary N) is 1. The molecule has 3 unspecified atom stereocenters. The van der Waals surface area contributed by atoms with Crippen LogP contribution in [-0.2, 0) is 16.1 Å². The Morgan fingerprint density at radius 2 is 2.05 bits per heavy atom. The number of furan rings is 1. The van der Waals surface area contributed by atoms with Crippen molar-refractivity contribution in [3.63, 3.8) is 0 Å². The van der Waals surface area contributed by atoms with Crippen molar-refractivity contribution in [2.24, 2.45) is 11.8 Å². The molecule has 1 aromatic heterocycles. The van der Waals surface area contributed by atoms with Gasteiger partial charge in [0.25, 0.3) is 0 Å². The second kappa shape index (κ2) is 6.33. The van der Waals surface area contributed by atoms with Gasteiger partial charge in [0, 0.05) is 12.1 Å². The predicted molar refractivity (Wildman–Crippen MR) is 79.3 cm³/mol. The van der Waals surface area contributed by atoms with Crippen molar-refractivity contribution in [2.45, 2.75) is 52.7 Å². The van der Waals surface area contributed by atoms with E-state index in [4.69, 9.17) is 4.42 Å². The normalized spacial score (nSPS) is 24.3. The first-order valence-electron chi connectivity index (χ1n) is 7.57. The number of piperazine rings is 1. The minimum atomic E-state index is -0.426. The lowest BCUT2D eigenvalue weighted by Crippen LogP contribution is -2.65. The number of carbonyl (C=O) groups excluding carboxylic acids is 2. The quantitative estimate of drug-likeness (QED) is 0.904. The third-order valence-corrected chi connectivity index (χ3v) is 4.23. The van der Waals surface area contributed by atoms with Crippen LogP contribution in [0.4, 0.5) is 0 Å². The molecule has 0 saturated carbocycles. The molecule has 2 rings (SSSR count). The molecule has 1 aliphatic heterocycles. The second-order valence-corrected chi connectivity index (χ2v) is 6.16. The minimum Gasteiger partial charge on any atom is -0.472 e. The highest BCUT2D eigenvalue weighted by atomic mass is 16.3. The highest BCUT2D eigenvalue weighted by Gasteiger charge is 2.43. The summed E-state index contributed by atoms with van der Waals surface area (Å²) >= 11 is 0. The van der Waals surface area contributed by atoms with Crippen LogP contribution in [0.15, 0.2) is 23.0 Å². The zero-order valence-corrected chi connectivity index (χ0v) is 13.1. The van der Waals surface area contributed by atoms with E-state index in [-0.39, 0.29) is 23.7 Å². The summed E-state index contributed by atoms with van der Waals surface area (Å²) < 4.78 is 5.07. The van der Waals surface area contributed by atoms with Crippen LogP contribution in [0.25, 0.3) is 0 Å². The van der Waals surface area contributed by atoms with E-state index in [9.17, 15) is 9.59 Å². The maximum atomic E-state index is 12.8. The maximum Gasteiger partial charge on any atom is 0.246 e. The van der Waals surface area contributed by atoms with Crippen molar-refractivity contribution in [2.75, 3.05) is 0 Å². The van der Waals surface area contributed by atoms with Crippen LogP contribution in [0.3, 0.4) is 0 Å².